The average Bonchev–Trinajstić information content (AvgIpc) is 3.31. The van der Waals surface area contributed by atoms with E-state index in [1.807, 2.05) is 4.90 Å². The monoisotopic (exact) mass is 551 g/mol. The number of carbonyl (C=O) groups is 1. The lowest BCUT2D eigenvalue weighted by molar-refractivity contribution is -0.384. The molecule has 0 aliphatic carbocycles. The zero-order valence-corrected chi connectivity index (χ0v) is 21.5. The van der Waals surface area contributed by atoms with E-state index in [1.54, 1.807) is 42.5 Å². The van der Waals surface area contributed by atoms with Gasteiger partial charge in [-0.15, -0.1) is 0 Å². The molecule has 4 aromatic rings. The van der Waals surface area contributed by atoms with Crippen LogP contribution >= 0.6 is 23.8 Å². The highest BCUT2D eigenvalue weighted by Crippen LogP contribution is 2.34. The number of fused-ring (bicyclic) bond motifs is 1. The molecule has 0 saturated carbocycles. The highest BCUT2D eigenvalue weighted by atomic mass is 35.5. The summed E-state index contributed by atoms with van der Waals surface area (Å²) in [7, 11) is 0. The topological polar surface area (TPSA) is 134 Å². The first-order valence-corrected chi connectivity index (χ1v) is 12.6. The van der Waals surface area contributed by atoms with E-state index in [2.05, 4.69) is 15.6 Å². The summed E-state index contributed by atoms with van der Waals surface area (Å²) in [6.07, 6.45) is 3.04. The molecule has 1 saturated heterocycles. The van der Waals surface area contributed by atoms with E-state index >= 15 is 0 Å². The minimum Gasteiger partial charge on any atom is -0.507 e. The smallest absolute Gasteiger partial charge is 0.293 e. The third-order valence-corrected chi connectivity index (χ3v) is 6.63. The average molecular weight is 552 g/mol. The Kier molecular flexibility index (Phi) is 7.12. The third-order valence-electron chi connectivity index (χ3n) is 6.19. The van der Waals surface area contributed by atoms with E-state index in [0.717, 1.165) is 32.4 Å². The van der Waals surface area contributed by atoms with Crippen LogP contribution in [0.5, 0.6) is 5.75 Å². The number of amides is 1. The fraction of sp³-hybridized carbons (Fsp3) is 0.192. The highest BCUT2D eigenvalue weighted by molar-refractivity contribution is 7.80. The van der Waals surface area contributed by atoms with Gasteiger partial charge in [-0.25, -0.2) is 4.98 Å². The molecular weight excluding hydrogens is 530 g/mol. The van der Waals surface area contributed by atoms with Gasteiger partial charge in [-0.05, 0) is 73.9 Å². The number of oxazole rings is 1. The first-order chi connectivity index (χ1) is 18.3. The van der Waals surface area contributed by atoms with Gasteiger partial charge >= 0.3 is 0 Å². The fourth-order valence-corrected chi connectivity index (χ4v) is 4.73. The van der Waals surface area contributed by atoms with Gasteiger partial charge in [-0.3, -0.25) is 20.2 Å². The van der Waals surface area contributed by atoms with Crippen LogP contribution in [0, 0.1) is 10.1 Å². The Hall–Kier alpha value is -4.22. The fourth-order valence-electron chi connectivity index (χ4n) is 4.36. The second-order valence-corrected chi connectivity index (χ2v) is 9.62. The van der Waals surface area contributed by atoms with Crippen molar-refractivity contribution in [2.75, 3.05) is 23.3 Å². The zero-order valence-electron chi connectivity index (χ0n) is 19.9. The van der Waals surface area contributed by atoms with Crippen molar-refractivity contribution < 1.29 is 19.2 Å². The molecule has 1 aromatic heterocycles. The number of nitrogens with zero attached hydrogens (tertiary/aromatic N) is 3. The number of nitro groups is 1. The van der Waals surface area contributed by atoms with Gasteiger partial charge in [0.2, 0.25) is 5.89 Å². The van der Waals surface area contributed by atoms with Crippen molar-refractivity contribution in [2.24, 2.45) is 0 Å². The normalized spacial score (nSPS) is 13.3. The van der Waals surface area contributed by atoms with Crippen molar-refractivity contribution in [3.63, 3.8) is 0 Å². The van der Waals surface area contributed by atoms with Crippen LogP contribution in [0.25, 0.3) is 22.6 Å². The van der Waals surface area contributed by atoms with Crippen molar-refractivity contribution in [3.05, 3.63) is 75.3 Å². The molecule has 0 radical (unpaired) electrons. The van der Waals surface area contributed by atoms with Gasteiger partial charge in [-0.1, -0.05) is 11.6 Å². The molecule has 0 spiro atoms. The Bertz CT molecular complexity index is 1570. The van der Waals surface area contributed by atoms with E-state index in [4.69, 9.17) is 28.2 Å². The van der Waals surface area contributed by atoms with Gasteiger partial charge < -0.3 is 19.7 Å². The lowest BCUT2D eigenvalue weighted by Gasteiger charge is -2.28. The number of halogens is 1. The molecule has 10 nitrogen and oxygen atoms in total. The number of hydrogen-bond acceptors (Lipinski definition) is 8. The molecule has 5 rings (SSSR count). The molecule has 1 aliphatic heterocycles. The largest absolute Gasteiger partial charge is 0.507 e. The molecule has 3 aromatic carbocycles. The number of aromatic hydroxyl groups is 1. The molecule has 1 amide bonds. The van der Waals surface area contributed by atoms with Crippen molar-refractivity contribution >= 4 is 63.0 Å². The maximum absolute atomic E-state index is 12.8. The summed E-state index contributed by atoms with van der Waals surface area (Å²) < 4.78 is 5.70. The molecule has 1 fully saturated rings. The molecule has 194 valence electrons. The molecule has 1 aliphatic rings. The van der Waals surface area contributed by atoms with Crippen LogP contribution in [0.4, 0.5) is 17.1 Å². The highest BCUT2D eigenvalue weighted by Gasteiger charge is 2.23. The van der Waals surface area contributed by atoms with Gasteiger partial charge in [0.05, 0.1) is 10.5 Å². The maximum Gasteiger partial charge on any atom is 0.293 e. The van der Waals surface area contributed by atoms with E-state index in [0.29, 0.717) is 33.1 Å². The van der Waals surface area contributed by atoms with Gasteiger partial charge in [0.1, 0.15) is 17.0 Å². The number of aromatic nitrogens is 1. The number of hydrogen-bond donors (Lipinski definition) is 3. The number of phenolic OH excluding ortho intramolecular Hbond substituents is 1. The summed E-state index contributed by atoms with van der Waals surface area (Å²) >= 11 is 11.2. The number of thiocarbonyl (C=S) groups is 1. The Morgan fingerprint density at radius 2 is 1.89 bits per heavy atom. The van der Waals surface area contributed by atoms with Crippen LogP contribution in [0.2, 0.25) is 5.02 Å². The standard InChI is InChI=1S/C26H22ClN5O5S/c27-16-5-9-23-19(13-16)29-25(37-23)18-7-6-17(14-22(18)33)28-26(38)30-24(34)15-4-8-20(21(12-15)32(35)36)31-10-2-1-3-11-31/h4-9,12-14,33H,1-3,10-11H2,(H2,28,30,34,38). The van der Waals surface area contributed by atoms with Crippen LogP contribution in [0.15, 0.2) is 59.0 Å². The number of piperidine rings is 1. The van der Waals surface area contributed by atoms with Crippen molar-refractivity contribution in [1.82, 2.24) is 10.3 Å². The summed E-state index contributed by atoms with van der Waals surface area (Å²) in [6.45, 7) is 1.49. The molecule has 0 unspecified atom stereocenters. The Morgan fingerprint density at radius 1 is 1.11 bits per heavy atom. The second kappa shape index (κ2) is 10.6. The lowest BCUT2D eigenvalue weighted by Crippen LogP contribution is -2.34. The van der Waals surface area contributed by atoms with E-state index in [1.165, 1.54) is 12.1 Å². The van der Waals surface area contributed by atoms with Crippen molar-refractivity contribution in [2.45, 2.75) is 19.3 Å². The number of benzene rings is 3. The Balaban J connectivity index is 1.27. The molecule has 0 bridgehead atoms. The van der Waals surface area contributed by atoms with E-state index in [-0.39, 0.29) is 28.0 Å². The summed E-state index contributed by atoms with van der Waals surface area (Å²) in [5.74, 6) is -0.496. The van der Waals surface area contributed by atoms with E-state index < -0.39 is 10.8 Å². The first-order valence-electron chi connectivity index (χ1n) is 11.8. The second-order valence-electron chi connectivity index (χ2n) is 8.78. The minimum atomic E-state index is -0.596. The molecule has 0 atom stereocenters. The minimum absolute atomic E-state index is 0.0404. The third kappa shape index (κ3) is 5.38. The number of nitrogens with one attached hydrogen (secondary N) is 2. The first kappa shape index (κ1) is 25.4. The van der Waals surface area contributed by atoms with Crippen LogP contribution in [-0.2, 0) is 0 Å². The van der Waals surface area contributed by atoms with Crippen molar-refractivity contribution in [3.8, 4) is 17.2 Å². The lowest BCUT2D eigenvalue weighted by atomic mass is 10.1. The zero-order chi connectivity index (χ0) is 26.8. The van der Waals surface area contributed by atoms with Gasteiger partial charge in [0.15, 0.2) is 10.7 Å². The predicted molar refractivity (Wildman–Crippen MR) is 149 cm³/mol. The van der Waals surface area contributed by atoms with Gasteiger partial charge in [0.25, 0.3) is 11.6 Å². The Morgan fingerprint density at radius 3 is 2.63 bits per heavy atom. The van der Waals surface area contributed by atoms with Crippen LogP contribution in [0.3, 0.4) is 0 Å². The van der Waals surface area contributed by atoms with Crippen LogP contribution in [-0.4, -0.2) is 39.1 Å². The van der Waals surface area contributed by atoms with Gasteiger partial charge in [0, 0.05) is 41.5 Å². The van der Waals surface area contributed by atoms with Gasteiger partial charge in [-0.2, -0.15) is 0 Å². The molecule has 12 heteroatoms. The number of nitro benzene ring substituents is 1. The molecule has 2 heterocycles. The predicted octanol–water partition coefficient (Wildman–Crippen LogP) is 5.88. The van der Waals surface area contributed by atoms with E-state index in [9.17, 15) is 20.0 Å². The number of anilines is 2. The summed E-state index contributed by atoms with van der Waals surface area (Å²) in [5, 5.41) is 28.1. The summed E-state index contributed by atoms with van der Waals surface area (Å²) in [4.78, 5) is 30.3. The van der Waals surface area contributed by atoms with Crippen LogP contribution < -0.4 is 15.5 Å². The Labute approximate surface area is 227 Å². The van der Waals surface area contributed by atoms with Crippen molar-refractivity contribution in [1.29, 1.82) is 0 Å². The molecular formula is C26H22ClN5O5S. The number of phenols is 1. The van der Waals surface area contributed by atoms with Crippen LogP contribution in [0.1, 0.15) is 29.6 Å². The number of carbonyl (C=O) groups excluding carboxylic acids is 1. The molecule has 38 heavy (non-hydrogen) atoms. The number of rotatable bonds is 5. The quantitative estimate of drug-likeness (QED) is 0.158. The summed E-state index contributed by atoms with van der Waals surface area (Å²) in [6, 6.07) is 14.1. The summed E-state index contributed by atoms with van der Waals surface area (Å²) in [5.41, 5.74) is 2.34. The SMILES string of the molecule is O=C(NC(=S)Nc1ccc(-c2nc3cc(Cl)ccc3o2)c(O)c1)c1ccc(N2CCCCC2)c([N+](=O)[O-])c1. The molecule has 3 N–H and O–H groups in total. The maximum atomic E-state index is 12.8.